The van der Waals surface area contributed by atoms with Gasteiger partial charge in [0.1, 0.15) is 5.78 Å². The van der Waals surface area contributed by atoms with Gasteiger partial charge in [0.05, 0.1) is 10.8 Å². The fourth-order valence-electron chi connectivity index (χ4n) is 7.14. The molecule has 4 atom stereocenters. The number of carbonyl (C=O) groups excluding carboxylic acids is 1. The Balaban J connectivity index is 1.57. The maximum atomic E-state index is 14.7. The molecule has 1 saturated carbocycles. The Kier molecular flexibility index (Phi) is 5.10. The van der Waals surface area contributed by atoms with E-state index in [0.717, 1.165) is 45.4 Å². The van der Waals surface area contributed by atoms with Gasteiger partial charge in [0, 0.05) is 38.0 Å². The van der Waals surface area contributed by atoms with Crippen LogP contribution in [0.15, 0.2) is 48.5 Å². The van der Waals surface area contributed by atoms with E-state index in [2.05, 4.69) is 86.3 Å². The molecule has 1 aliphatic carbocycles. The lowest BCUT2D eigenvalue weighted by Gasteiger charge is -2.48. The van der Waals surface area contributed by atoms with Gasteiger partial charge in [-0.05, 0) is 51.9 Å². The topological polar surface area (TPSA) is 23.6 Å². The third kappa shape index (κ3) is 3.29. The first-order valence-electron chi connectivity index (χ1n) is 11.9. The van der Waals surface area contributed by atoms with E-state index in [9.17, 15) is 4.79 Å². The fourth-order valence-corrected chi connectivity index (χ4v) is 7.14. The summed E-state index contributed by atoms with van der Waals surface area (Å²) in [4.78, 5) is 19.5. The van der Waals surface area contributed by atoms with Crippen LogP contribution in [0, 0.1) is 24.7 Å². The zero-order valence-electron chi connectivity index (χ0n) is 19.5. The van der Waals surface area contributed by atoms with Crippen molar-refractivity contribution in [1.29, 1.82) is 0 Å². The summed E-state index contributed by atoms with van der Waals surface area (Å²) in [5.41, 5.74) is 4.75. The fraction of sp³-hybridized carbons (Fsp3) is 0.536. The van der Waals surface area contributed by atoms with Crippen LogP contribution >= 0.6 is 0 Å². The molecule has 0 aromatic heterocycles. The molecule has 0 N–H and O–H groups in total. The van der Waals surface area contributed by atoms with E-state index >= 15 is 0 Å². The highest BCUT2D eigenvalue weighted by molar-refractivity contribution is 5.94. The number of carbonyl (C=O) groups is 1. The number of benzene rings is 2. The normalized spacial score (nSPS) is 34.3. The highest BCUT2D eigenvalue weighted by Crippen LogP contribution is 2.59. The molecule has 3 heteroatoms. The Morgan fingerprint density at radius 1 is 0.710 bits per heavy atom. The van der Waals surface area contributed by atoms with Crippen molar-refractivity contribution < 1.29 is 4.79 Å². The van der Waals surface area contributed by atoms with E-state index in [0.29, 0.717) is 17.6 Å². The van der Waals surface area contributed by atoms with Crippen LogP contribution in [0.5, 0.6) is 0 Å². The minimum atomic E-state index is -0.254. The van der Waals surface area contributed by atoms with E-state index < -0.39 is 0 Å². The first-order chi connectivity index (χ1) is 14.8. The van der Waals surface area contributed by atoms with Crippen LogP contribution in [0.25, 0.3) is 0 Å². The second-order valence-electron chi connectivity index (χ2n) is 10.8. The second kappa shape index (κ2) is 7.56. The number of Topliss-reactive ketones (excluding diaryl/α,β-unsaturated/α-hetero) is 1. The lowest BCUT2D eigenvalue weighted by Crippen LogP contribution is -2.53. The first kappa shape index (κ1) is 20.9. The van der Waals surface area contributed by atoms with E-state index in [-0.39, 0.29) is 10.8 Å². The third-order valence-electron chi connectivity index (χ3n) is 8.54. The molecule has 2 aromatic carbocycles. The molecule has 0 radical (unpaired) electrons. The van der Waals surface area contributed by atoms with Gasteiger partial charge in [-0.25, -0.2) is 0 Å². The molecule has 2 heterocycles. The highest BCUT2D eigenvalue weighted by Gasteiger charge is 2.63. The van der Waals surface area contributed by atoms with Crippen LogP contribution < -0.4 is 0 Å². The average molecular weight is 417 g/mol. The van der Waals surface area contributed by atoms with Crippen molar-refractivity contribution in [3.63, 3.8) is 0 Å². The van der Waals surface area contributed by atoms with Gasteiger partial charge in [-0.15, -0.1) is 0 Å². The van der Waals surface area contributed by atoms with Crippen LogP contribution in [0.2, 0.25) is 0 Å². The number of nitrogens with zero attached hydrogens (tertiary/aromatic N) is 2. The minimum absolute atomic E-state index is 0.254. The van der Waals surface area contributed by atoms with Gasteiger partial charge < -0.3 is 9.80 Å². The summed E-state index contributed by atoms with van der Waals surface area (Å²) < 4.78 is 0. The van der Waals surface area contributed by atoms with Gasteiger partial charge in [-0.3, -0.25) is 4.79 Å². The standard InChI is InChI=1S/C28H36N2O/c1-20-6-10-22(11-7-20)24-16-29(3)18-27(24)14-5-15-28(26(27)31)19-30(4)17-25(28)23-12-8-21(2)9-13-23/h6-13,24-25H,5,14-19H2,1-4H3/t24-,25+,27?,28?. The van der Waals surface area contributed by atoms with Crippen molar-refractivity contribution in [2.24, 2.45) is 10.8 Å². The van der Waals surface area contributed by atoms with E-state index in [1.165, 1.54) is 22.3 Å². The molecule has 31 heavy (non-hydrogen) atoms. The number of hydrogen-bond acceptors (Lipinski definition) is 3. The molecule has 0 amide bonds. The third-order valence-corrected chi connectivity index (χ3v) is 8.54. The molecular weight excluding hydrogens is 380 g/mol. The Bertz CT molecular complexity index is 888. The molecule has 2 spiro atoms. The quantitative estimate of drug-likeness (QED) is 0.703. The average Bonchev–Trinajstić information content (AvgIpc) is 3.25. The van der Waals surface area contributed by atoms with E-state index in [1.54, 1.807) is 0 Å². The number of rotatable bonds is 2. The summed E-state index contributed by atoms with van der Waals surface area (Å²) in [7, 11) is 4.39. The van der Waals surface area contributed by atoms with Gasteiger partial charge >= 0.3 is 0 Å². The number of likely N-dealkylation sites (tertiary alicyclic amines) is 2. The van der Waals surface area contributed by atoms with Gasteiger partial charge in [0.2, 0.25) is 0 Å². The van der Waals surface area contributed by atoms with Crippen molar-refractivity contribution in [3.05, 3.63) is 70.8 Å². The summed E-state index contributed by atoms with van der Waals surface area (Å²) in [6.45, 7) is 8.04. The van der Waals surface area contributed by atoms with Crippen molar-refractivity contribution >= 4 is 5.78 Å². The lowest BCUT2D eigenvalue weighted by atomic mass is 9.53. The number of aryl methyl sites for hydroxylation is 2. The Morgan fingerprint density at radius 2 is 1.10 bits per heavy atom. The van der Waals surface area contributed by atoms with Gasteiger partial charge in [-0.1, -0.05) is 66.1 Å². The molecule has 0 bridgehead atoms. The maximum Gasteiger partial charge on any atom is 0.149 e. The molecule has 3 nitrogen and oxygen atoms in total. The summed E-state index contributed by atoms with van der Waals surface area (Å²) in [6, 6.07) is 17.9. The van der Waals surface area contributed by atoms with Crippen LogP contribution in [0.3, 0.4) is 0 Å². The largest absolute Gasteiger partial charge is 0.305 e. The number of likely N-dealkylation sites (N-methyl/N-ethyl adjacent to an activating group) is 2. The summed E-state index contributed by atoms with van der Waals surface area (Å²) in [5.74, 6) is 1.15. The molecule has 2 aromatic rings. The predicted molar refractivity (Wildman–Crippen MR) is 127 cm³/mol. The first-order valence-corrected chi connectivity index (χ1v) is 11.9. The monoisotopic (exact) mass is 416 g/mol. The lowest BCUT2D eigenvalue weighted by molar-refractivity contribution is -0.144. The van der Waals surface area contributed by atoms with Crippen molar-refractivity contribution in [2.75, 3.05) is 40.3 Å². The Labute approximate surface area is 187 Å². The van der Waals surface area contributed by atoms with E-state index in [1.807, 2.05) is 0 Å². The van der Waals surface area contributed by atoms with Crippen LogP contribution in [0.1, 0.15) is 53.4 Å². The molecule has 3 aliphatic rings. The van der Waals surface area contributed by atoms with E-state index in [4.69, 9.17) is 0 Å². The molecule has 2 aliphatic heterocycles. The Morgan fingerprint density at radius 3 is 1.48 bits per heavy atom. The van der Waals surface area contributed by atoms with Crippen molar-refractivity contribution in [3.8, 4) is 0 Å². The summed E-state index contributed by atoms with van der Waals surface area (Å²) in [6.07, 6.45) is 3.21. The highest BCUT2D eigenvalue weighted by atomic mass is 16.1. The second-order valence-corrected chi connectivity index (χ2v) is 10.8. The summed E-state index contributed by atoms with van der Waals surface area (Å²) >= 11 is 0. The number of ketones is 1. The molecule has 2 saturated heterocycles. The molecule has 5 rings (SSSR count). The molecule has 2 unspecified atom stereocenters. The maximum absolute atomic E-state index is 14.7. The van der Waals surface area contributed by atoms with Crippen molar-refractivity contribution in [1.82, 2.24) is 9.80 Å². The molecular formula is C28H36N2O. The van der Waals surface area contributed by atoms with Gasteiger partial charge in [0.25, 0.3) is 0 Å². The zero-order valence-corrected chi connectivity index (χ0v) is 19.5. The van der Waals surface area contributed by atoms with Gasteiger partial charge in [0.15, 0.2) is 0 Å². The molecule has 164 valence electrons. The molecule has 3 fully saturated rings. The summed E-state index contributed by atoms with van der Waals surface area (Å²) in [5, 5.41) is 0. The minimum Gasteiger partial charge on any atom is -0.305 e. The number of hydrogen-bond donors (Lipinski definition) is 0. The van der Waals surface area contributed by atoms with Crippen molar-refractivity contribution in [2.45, 2.75) is 44.9 Å². The Hall–Kier alpha value is -1.97. The predicted octanol–water partition coefficient (Wildman–Crippen LogP) is 4.79. The van der Waals surface area contributed by atoms with Crippen LogP contribution in [-0.4, -0.2) is 55.9 Å². The van der Waals surface area contributed by atoms with Crippen LogP contribution in [-0.2, 0) is 4.79 Å². The smallest absolute Gasteiger partial charge is 0.149 e. The zero-order chi connectivity index (χ0) is 21.8. The van der Waals surface area contributed by atoms with Crippen LogP contribution in [0.4, 0.5) is 0 Å². The SMILES string of the molecule is Cc1ccc([C@H]2CN(C)CC23CCCC2(CN(C)C[C@H]2c2ccc(C)cc2)C3=O)cc1. The van der Waals surface area contributed by atoms with Gasteiger partial charge in [-0.2, -0.15) is 0 Å².